The summed E-state index contributed by atoms with van der Waals surface area (Å²) < 4.78 is 1.27. The van der Waals surface area contributed by atoms with Gasteiger partial charge in [0.15, 0.2) is 0 Å². The van der Waals surface area contributed by atoms with E-state index in [1.807, 2.05) is 0 Å². The van der Waals surface area contributed by atoms with E-state index in [0.29, 0.717) is 6.04 Å². The minimum Gasteiger partial charge on any atom is -0.352 e. The van der Waals surface area contributed by atoms with Crippen molar-refractivity contribution in [2.45, 2.75) is 25.9 Å². The lowest BCUT2D eigenvalue weighted by Crippen LogP contribution is -2.35. The summed E-state index contributed by atoms with van der Waals surface area (Å²) in [5, 5.41) is 2.98. The minimum absolute atomic E-state index is 0.0751. The molecule has 3 nitrogen and oxygen atoms in total. The molecule has 92 valence electrons. The van der Waals surface area contributed by atoms with E-state index in [4.69, 9.17) is 0 Å². The zero-order chi connectivity index (χ0) is 12.3. The fraction of sp³-hybridized carbons (Fsp3) is 0.462. The Labute approximate surface area is 116 Å². The molecule has 17 heavy (non-hydrogen) atoms. The number of hydrogen-bond acceptors (Lipinski definition) is 2. The van der Waals surface area contributed by atoms with Crippen molar-refractivity contribution in [1.29, 1.82) is 0 Å². The Morgan fingerprint density at radius 1 is 1.47 bits per heavy atom. The number of halogens is 1. The second-order valence-corrected chi connectivity index (χ2v) is 5.79. The van der Waals surface area contributed by atoms with Crippen molar-refractivity contribution in [3.63, 3.8) is 0 Å². The second-order valence-electron chi connectivity index (χ2n) is 4.55. The first-order valence-corrected chi connectivity index (χ1v) is 6.95. The summed E-state index contributed by atoms with van der Waals surface area (Å²) in [5.41, 5.74) is 1.34. The van der Waals surface area contributed by atoms with Gasteiger partial charge in [-0.25, -0.2) is 0 Å². The fourth-order valence-electron chi connectivity index (χ4n) is 2.23. The molecule has 0 spiro atoms. The molecule has 1 aliphatic rings. The molecule has 0 radical (unpaired) electrons. The third kappa shape index (κ3) is 3.96. The van der Waals surface area contributed by atoms with Gasteiger partial charge >= 0.3 is 0 Å². The number of carbonyl (C=O) groups is 1. The van der Waals surface area contributed by atoms with Crippen LogP contribution in [0.3, 0.4) is 0 Å². The lowest BCUT2D eigenvalue weighted by atomic mass is 10.2. The van der Waals surface area contributed by atoms with Gasteiger partial charge in [-0.15, -0.1) is 0 Å². The van der Waals surface area contributed by atoms with Gasteiger partial charge in [0.25, 0.3) is 0 Å². The number of rotatable bonds is 3. The molecule has 0 saturated carbocycles. The maximum atomic E-state index is 11.0. The van der Waals surface area contributed by atoms with Crippen molar-refractivity contribution in [3.05, 3.63) is 33.4 Å². The Morgan fingerprint density at radius 3 is 2.82 bits per heavy atom. The van der Waals surface area contributed by atoms with Gasteiger partial charge in [-0.05, 0) is 46.7 Å². The molecule has 0 aliphatic carbocycles. The zero-order valence-corrected chi connectivity index (χ0v) is 12.1. The number of likely N-dealkylation sites (tertiary alicyclic amines) is 1. The van der Waals surface area contributed by atoms with Crippen LogP contribution < -0.4 is 5.32 Å². The van der Waals surface area contributed by atoms with Gasteiger partial charge in [0.2, 0.25) is 5.91 Å². The number of carbonyl (C=O) groups excluding carboxylic acids is 1. The van der Waals surface area contributed by atoms with Crippen LogP contribution in [0.1, 0.15) is 18.9 Å². The van der Waals surface area contributed by atoms with Crippen LogP contribution in [0, 0.1) is 3.57 Å². The monoisotopic (exact) mass is 344 g/mol. The van der Waals surface area contributed by atoms with E-state index < -0.39 is 0 Å². The summed E-state index contributed by atoms with van der Waals surface area (Å²) in [5.74, 6) is 0.0751. The third-order valence-electron chi connectivity index (χ3n) is 3.00. The molecule has 1 aromatic rings. The van der Waals surface area contributed by atoms with Crippen molar-refractivity contribution in [3.8, 4) is 0 Å². The highest BCUT2D eigenvalue weighted by Crippen LogP contribution is 2.14. The highest BCUT2D eigenvalue weighted by atomic mass is 127. The molecule has 4 heteroatoms. The Balaban J connectivity index is 1.85. The van der Waals surface area contributed by atoms with Crippen molar-refractivity contribution in [1.82, 2.24) is 10.2 Å². The lowest BCUT2D eigenvalue weighted by molar-refractivity contribution is -0.119. The van der Waals surface area contributed by atoms with Crippen LogP contribution in [0.2, 0.25) is 0 Å². The highest BCUT2D eigenvalue weighted by molar-refractivity contribution is 14.1. The molecule has 1 atom stereocenters. The van der Waals surface area contributed by atoms with Crippen molar-refractivity contribution in [2.24, 2.45) is 0 Å². The molecule has 1 aliphatic heterocycles. The first kappa shape index (κ1) is 12.8. The van der Waals surface area contributed by atoms with E-state index in [0.717, 1.165) is 26.1 Å². The van der Waals surface area contributed by atoms with Crippen molar-refractivity contribution >= 4 is 28.5 Å². The van der Waals surface area contributed by atoms with E-state index in [9.17, 15) is 4.79 Å². The van der Waals surface area contributed by atoms with Gasteiger partial charge in [0.05, 0.1) is 0 Å². The zero-order valence-electron chi connectivity index (χ0n) is 9.95. The van der Waals surface area contributed by atoms with Gasteiger partial charge in [-0.3, -0.25) is 9.69 Å². The second kappa shape index (κ2) is 5.82. The average molecular weight is 344 g/mol. The molecule has 0 aromatic heterocycles. The molecule has 2 rings (SSSR count). The molecule has 1 fully saturated rings. The molecule has 0 bridgehead atoms. The summed E-state index contributed by atoms with van der Waals surface area (Å²) in [6.07, 6.45) is 1.06. The summed E-state index contributed by atoms with van der Waals surface area (Å²) >= 11 is 2.32. The summed E-state index contributed by atoms with van der Waals surface area (Å²) in [6.45, 7) is 4.59. The maximum Gasteiger partial charge on any atom is 0.217 e. The molecular weight excluding hydrogens is 327 g/mol. The quantitative estimate of drug-likeness (QED) is 0.851. The summed E-state index contributed by atoms with van der Waals surface area (Å²) in [6, 6.07) is 8.95. The Morgan fingerprint density at radius 2 is 2.18 bits per heavy atom. The first-order valence-electron chi connectivity index (χ1n) is 5.87. The van der Waals surface area contributed by atoms with E-state index in [-0.39, 0.29) is 5.91 Å². The smallest absolute Gasteiger partial charge is 0.217 e. The molecule has 1 amide bonds. The van der Waals surface area contributed by atoms with Gasteiger partial charge < -0.3 is 5.32 Å². The van der Waals surface area contributed by atoms with Gasteiger partial charge in [0.1, 0.15) is 0 Å². The van der Waals surface area contributed by atoms with E-state index in [2.05, 4.69) is 57.1 Å². The number of benzene rings is 1. The summed E-state index contributed by atoms with van der Waals surface area (Å²) in [7, 11) is 0. The third-order valence-corrected chi connectivity index (χ3v) is 3.72. The minimum atomic E-state index is 0.0751. The maximum absolute atomic E-state index is 11.0. The Bertz CT molecular complexity index is 391. The molecule has 1 unspecified atom stereocenters. The lowest BCUT2D eigenvalue weighted by Gasteiger charge is -2.16. The van der Waals surface area contributed by atoms with Crippen molar-refractivity contribution < 1.29 is 4.79 Å². The molecule has 1 N–H and O–H groups in total. The van der Waals surface area contributed by atoms with E-state index >= 15 is 0 Å². The fourth-order valence-corrected chi connectivity index (χ4v) is 2.59. The van der Waals surface area contributed by atoms with Gasteiger partial charge in [-0.1, -0.05) is 12.1 Å². The van der Waals surface area contributed by atoms with Crippen LogP contribution in [0.5, 0.6) is 0 Å². The Kier molecular flexibility index (Phi) is 4.39. The van der Waals surface area contributed by atoms with Crippen LogP contribution >= 0.6 is 22.6 Å². The number of hydrogen-bond donors (Lipinski definition) is 1. The predicted molar refractivity (Wildman–Crippen MR) is 76.7 cm³/mol. The van der Waals surface area contributed by atoms with E-state index in [1.54, 1.807) is 6.92 Å². The molecule has 1 saturated heterocycles. The van der Waals surface area contributed by atoms with Gasteiger partial charge in [0, 0.05) is 36.2 Å². The predicted octanol–water partition coefficient (Wildman–Crippen LogP) is 2.00. The van der Waals surface area contributed by atoms with Crippen LogP contribution in [-0.4, -0.2) is 29.9 Å². The highest BCUT2D eigenvalue weighted by Gasteiger charge is 2.22. The average Bonchev–Trinajstić information content (AvgIpc) is 2.68. The SMILES string of the molecule is CC(=O)NC1CCN(Cc2ccc(I)cc2)C1. The van der Waals surface area contributed by atoms with Crippen LogP contribution in [-0.2, 0) is 11.3 Å². The van der Waals surface area contributed by atoms with Crippen LogP contribution in [0.4, 0.5) is 0 Å². The number of amides is 1. The molecule has 1 heterocycles. The first-order chi connectivity index (χ1) is 8.13. The van der Waals surface area contributed by atoms with Gasteiger partial charge in [-0.2, -0.15) is 0 Å². The Hall–Kier alpha value is -0.620. The summed E-state index contributed by atoms with van der Waals surface area (Å²) in [4.78, 5) is 13.4. The topological polar surface area (TPSA) is 32.3 Å². The molecule has 1 aromatic carbocycles. The van der Waals surface area contributed by atoms with Crippen LogP contribution in [0.25, 0.3) is 0 Å². The normalized spacial score (nSPS) is 20.5. The number of nitrogens with zero attached hydrogens (tertiary/aromatic N) is 1. The van der Waals surface area contributed by atoms with E-state index in [1.165, 1.54) is 9.13 Å². The van der Waals surface area contributed by atoms with Crippen molar-refractivity contribution in [2.75, 3.05) is 13.1 Å². The largest absolute Gasteiger partial charge is 0.352 e. The number of nitrogens with one attached hydrogen (secondary N) is 1. The van der Waals surface area contributed by atoms with Crippen LogP contribution in [0.15, 0.2) is 24.3 Å². The standard InChI is InChI=1S/C13H17IN2O/c1-10(17)15-13-6-7-16(9-13)8-11-2-4-12(14)5-3-11/h2-5,13H,6-9H2,1H3,(H,15,17). The molecular formula is C13H17IN2O.